The first kappa shape index (κ1) is 16.1. The molecule has 0 unspecified atom stereocenters. The van der Waals surface area contributed by atoms with Crippen LogP contribution in [0.1, 0.15) is 36.7 Å². The molecule has 7 nitrogen and oxygen atoms in total. The second-order valence-corrected chi connectivity index (χ2v) is 5.42. The van der Waals surface area contributed by atoms with Gasteiger partial charge >= 0.3 is 0 Å². The van der Waals surface area contributed by atoms with Crippen molar-refractivity contribution in [2.24, 2.45) is 0 Å². The minimum atomic E-state index is -0.110. The van der Waals surface area contributed by atoms with Crippen molar-refractivity contribution >= 4 is 5.91 Å². The molecule has 2 aromatic rings. The van der Waals surface area contributed by atoms with Crippen LogP contribution in [0.3, 0.4) is 0 Å². The molecule has 0 spiro atoms. The number of carbonyl (C=O) groups is 1. The third kappa shape index (κ3) is 4.36. The molecule has 0 saturated carbocycles. The van der Waals surface area contributed by atoms with Crippen LogP contribution in [0.5, 0.6) is 0 Å². The Morgan fingerprint density at radius 2 is 1.95 bits per heavy atom. The number of tetrazole rings is 1. The number of hydrogen-bond acceptors (Lipinski definition) is 5. The van der Waals surface area contributed by atoms with E-state index in [2.05, 4.69) is 20.8 Å². The first-order valence-corrected chi connectivity index (χ1v) is 7.31. The summed E-state index contributed by atoms with van der Waals surface area (Å²) in [5.41, 5.74) is 2.00. The Morgan fingerprint density at radius 3 is 2.59 bits per heavy atom. The number of nitrogens with one attached hydrogen (secondary N) is 1. The van der Waals surface area contributed by atoms with Crippen molar-refractivity contribution in [2.45, 2.75) is 39.3 Å². The third-order valence-corrected chi connectivity index (χ3v) is 3.31. The summed E-state index contributed by atoms with van der Waals surface area (Å²) in [7, 11) is 0. The molecule has 0 radical (unpaired) electrons. The van der Waals surface area contributed by atoms with Crippen molar-refractivity contribution in [3.63, 3.8) is 0 Å². The van der Waals surface area contributed by atoms with Crippen LogP contribution < -0.4 is 5.32 Å². The number of aromatic nitrogens is 4. The number of carbonyl (C=O) groups excluding carboxylic acids is 1. The first-order valence-electron chi connectivity index (χ1n) is 7.31. The van der Waals surface area contributed by atoms with E-state index in [0.29, 0.717) is 12.4 Å². The highest BCUT2D eigenvalue weighted by Crippen LogP contribution is 2.08. The van der Waals surface area contributed by atoms with Crippen LogP contribution in [-0.4, -0.2) is 37.8 Å². The molecule has 22 heavy (non-hydrogen) atoms. The number of nitrogens with zero attached hydrogens (tertiary/aromatic N) is 4. The van der Waals surface area contributed by atoms with Crippen LogP contribution in [0.4, 0.5) is 0 Å². The van der Waals surface area contributed by atoms with Gasteiger partial charge in [-0.15, -0.1) is 5.10 Å². The molecular weight excluding hydrogens is 282 g/mol. The van der Waals surface area contributed by atoms with Gasteiger partial charge in [0.15, 0.2) is 5.82 Å². The Labute approximate surface area is 129 Å². The van der Waals surface area contributed by atoms with Crippen LogP contribution >= 0.6 is 0 Å². The van der Waals surface area contributed by atoms with E-state index in [-0.39, 0.29) is 25.0 Å². The lowest BCUT2D eigenvalue weighted by atomic mass is 10.1. The zero-order valence-electron chi connectivity index (χ0n) is 12.9. The molecule has 0 aliphatic heterocycles. The van der Waals surface area contributed by atoms with Gasteiger partial charge in [-0.2, -0.15) is 0 Å². The lowest BCUT2D eigenvalue weighted by Crippen LogP contribution is -2.30. The molecule has 1 heterocycles. The van der Waals surface area contributed by atoms with Crippen molar-refractivity contribution in [3.8, 4) is 0 Å². The molecule has 0 aliphatic carbocycles. The molecule has 2 N–H and O–H groups in total. The van der Waals surface area contributed by atoms with E-state index in [1.807, 2.05) is 38.1 Å². The maximum atomic E-state index is 11.9. The zero-order chi connectivity index (χ0) is 15.9. The Kier molecular flexibility index (Phi) is 5.60. The number of aliphatic hydroxyl groups excluding tert-OH is 1. The van der Waals surface area contributed by atoms with E-state index < -0.39 is 0 Å². The molecule has 0 aliphatic rings. The fraction of sp³-hybridized carbons (Fsp3) is 0.467. The third-order valence-electron chi connectivity index (χ3n) is 3.31. The molecule has 118 valence electrons. The second kappa shape index (κ2) is 7.65. The van der Waals surface area contributed by atoms with Gasteiger partial charge in [0.1, 0.15) is 6.54 Å². The average molecular weight is 303 g/mol. The fourth-order valence-electron chi connectivity index (χ4n) is 2.09. The first-order chi connectivity index (χ1) is 10.6. The van der Waals surface area contributed by atoms with E-state index >= 15 is 0 Å². The monoisotopic (exact) mass is 303 g/mol. The summed E-state index contributed by atoms with van der Waals surface area (Å²) in [5, 5.41) is 23.2. The fourth-order valence-corrected chi connectivity index (χ4v) is 2.09. The maximum Gasteiger partial charge on any atom is 0.241 e. The van der Waals surface area contributed by atoms with E-state index in [4.69, 9.17) is 5.11 Å². The number of benzene rings is 1. The van der Waals surface area contributed by atoms with E-state index in [9.17, 15) is 4.79 Å². The van der Waals surface area contributed by atoms with Crippen LogP contribution in [0.15, 0.2) is 24.3 Å². The van der Waals surface area contributed by atoms with Crippen LogP contribution in [0, 0.1) is 0 Å². The normalized spacial score (nSPS) is 10.9. The van der Waals surface area contributed by atoms with Gasteiger partial charge < -0.3 is 10.4 Å². The zero-order valence-corrected chi connectivity index (χ0v) is 12.9. The Balaban J connectivity index is 1.79. The summed E-state index contributed by atoms with van der Waals surface area (Å²) in [6, 6.07) is 7.67. The van der Waals surface area contributed by atoms with E-state index in [0.717, 1.165) is 17.5 Å². The Hall–Kier alpha value is -2.28. The van der Waals surface area contributed by atoms with Gasteiger partial charge in [-0.3, -0.25) is 4.79 Å². The highest BCUT2D eigenvalue weighted by molar-refractivity contribution is 5.75. The van der Waals surface area contributed by atoms with Gasteiger partial charge in [-0.25, -0.2) is 4.68 Å². The number of rotatable bonds is 7. The molecule has 1 aromatic heterocycles. The molecule has 1 aromatic carbocycles. The second-order valence-electron chi connectivity index (χ2n) is 5.42. The SMILES string of the molecule is CC(C)c1nnnn1CC(=O)NCCc1ccc(CO)cc1. The standard InChI is InChI=1S/C15H21N5O2/c1-11(2)15-17-18-19-20(15)9-14(22)16-8-7-12-3-5-13(10-21)6-4-12/h3-6,11,21H,7-10H2,1-2H3,(H,16,22). The van der Waals surface area contributed by atoms with Crippen molar-refractivity contribution in [3.05, 3.63) is 41.2 Å². The maximum absolute atomic E-state index is 11.9. The van der Waals surface area contributed by atoms with Crippen LogP contribution in [-0.2, 0) is 24.4 Å². The molecule has 0 atom stereocenters. The summed E-state index contributed by atoms with van der Waals surface area (Å²) in [5.74, 6) is 0.767. The molecule has 0 fully saturated rings. The minimum absolute atomic E-state index is 0.0428. The number of aliphatic hydroxyl groups is 1. The average Bonchev–Trinajstić information content (AvgIpc) is 2.96. The Morgan fingerprint density at radius 1 is 1.27 bits per heavy atom. The predicted molar refractivity (Wildman–Crippen MR) is 81.0 cm³/mol. The van der Waals surface area contributed by atoms with Crippen LogP contribution in [0.25, 0.3) is 0 Å². The molecule has 0 bridgehead atoms. The van der Waals surface area contributed by atoms with Gasteiger partial charge in [0, 0.05) is 12.5 Å². The quantitative estimate of drug-likeness (QED) is 0.783. The Bertz CT molecular complexity index is 607. The summed E-state index contributed by atoms with van der Waals surface area (Å²) in [6.07, 6.45) is 0.740. The predicted octanol–water partition coefficient (Wildman–Crippen LogP) is 0.648. The molecule has 0 saturated heterocycles. The van der Waals surface area contributed by atoms with Gasteiger partial charge in [-0.05, 0) is 28.0 Å². The number of amides is 1. The summed E-state index contributed by atoms with van der Waals surface area (Å²) in [6.45, 7) is 4.69. The highest BCUT2D eigenvalue weighted by atomic mass is 16.3. The van der Waals surface area contributed by atoms with Gasteiger partial charge in [0.2, 0.25) is 5.91 Å². The van der Waals surface area contributed by atoms with Crippen molar-refractivity contribution in [1.29, 1.82) is 0 Å². The number of hydrogen-bond donors (Lipinski definition) is 2. The smallest absolute Gasteiger partial charge is 0.241 e. The summed E-state index contributed by atoms with van der Waals surface area (Å²) in [4.78, 5) is 11.9. The van der Waals surface area contributed by atoms with Crippen molar-refractivity contribution < 1.29 is 9.90 Å². The summed E-state index contributed by atoms with van der Waals surface area (Å²) >= 11 is 0. The lowest BCUT2D eigenvalue weighted by molar-refractivity contribution is -0.121. The van der Waals surface area contributed by atoms with Gasteiger partial charge in [-0.1, -0.05) is 38.1 Å². The summed E-state index contributed by atoms with van der Waals surface area (Å²) < 4.78 is 1.52. The lowest BCUT2D eigenvalue weighted by Gasteiger charge is -2.08. The van der Waals surface area contributed by atoms with E-state index in [1.165, 1.54) is 4.68 Å². The largest absolute Gasteiger partial charge is 0.392 e. The highest BCUT2D eigenvalue weighted by Gasteiger charge is 2.12. The van der Waals surface area contributed by atoms with Crippen molar-refractivity contribution in [2.75, 3.05) is 6.54 Å². The van der Waals surface area contributed by atoms with Gasteiger partial charge in [0.25, 0.3) is 0 Å². The topological polar surface area (TPSA) is 92.9 Å². The minimum Gasteiger partial charge on any atom is -0.392 e. The van der Waals surface area contributed by atoms with Crippen LogP contribution in [0.2, 0.25) is 0 Å². The van der Waals surface area contributed by atoms with Crippen molar-refractivity contribution in [1.82, 2.24) is 25.5 Å². The molecule has 2 rings (SSSR count). The molecular formula is C15H21N5O2. The van der Waals surface area contributed by atoms with Gasteiger partial charge in [0.05, 0.1) is 6.61 Å². The molecule has 1 amide bonds. The van der Waals surface area contributed by atoms with E-state index in [1.54, 1.807) is 0 Å². The molecule has 7 heteroatoms.